The first-order valence-corrected chi connectivity index (χ1v) is 32.4. The van der Waals surface area contributed by atoms with E-state index in [-0.39, 0.29) is 18.5 Å². The number of hydrogen-bond donors (Lipinski definition) is 6. The minimum atomic E-state index is -1.58. The monoisotopic (exact) mass is 1090 g/mol. The van der Waals surface area contributed by atoms with Crippen LogP contribution in [-0.2, 0) is 23.8 Å². The smallest absolute Gasteiger partial charge is 0.305 e. The molecule has 0 aromatic carbocycles. The Morgan fingerprint density at radius 3 is 1.30 bits per heavy atom. The van der Waals surface area contributed by atoms with Crippen molar-refractivity contribution in [2.24, 2.45) is 0 Å². The molecule has 11 heteroatoms. The highest BCUT2D eigenvalue weighted by Gasteiger charge is 2.44. The van der Waals surface area contributed by atoms with E-state index in [9.17, 15) is 35.1 Å². The Labute approximate surface area is 472 Å². The summed E-state index contributed by atoms with van der Waals surface area (Å²) in [5.74, 6) is -0.201. The van der Waals surface area contributed by atoms with Crippen LogP contribution in [0.25, 0.3) is 0 Å². The number of allylic oxidation sites excluding steroid dienone is 7. The highest BCUT2D eigenvalue weighted by atomic mass is 16.7. The van der Waals surface area contributed by atoms with Gasteiger partial charge >= 0.3 is 5.97 Å². The molecule has 0 aliphatic carbocycles. The Bertz CT molecular complexity index is 1420. The Kier molecular flexibility index (Phi) is 52.4. The number of nitrogens with one attached hydrogen (secondary N) is 1. The molecule has 77 heavy (non-hydrogen) atoms. The molecule has 7 unspecified atom stereocenters. The topological polar surface area (TPSA) is 175 Å². The van der Waals surface area contributed by atoms with E-state index in [1.54, 1.807) is 6.08 Å². The lowest BCUT2D eigenvalue weighted by Crippen LogP contribution is -2.60. The van der Waals surface area contributed by atoms with Crippen molar-refractivity contribution in [3.63, 3.8) is 0 Å². The van der Waals surface area contributed by atoms with Crippen molar-refractivity contribution in [3.05, 3.63) is 48.6 Å². The van der Waals surface area contributed by atoms with Gasteiger partial charge in [-0.25, -0.2) is 0 Å². The minimum absolute atomic E-state index is 0.000194. The zero-order chi connectivity index (χ0) is 55.9. The summed E-state index contributed by atoms with van der Waals surface area (Å²) < 4.78 is 16.7. The number of unbranched alkanes of at least 4 members (excludes halogenated alkanes) is 36. The number of rotatable bonds is 56. The van der Waals surface area contributed by atoms with Crippen LogP contribution in [0.4, 0.5) is 0 Å². The molecule has 0 aromatic heterocycles. The highest BCUT2D eigenvalue weighted by Crippen LogP contribution is 2.23. The molecule has 1 aliphatic heterocycles. The van der Waals surface area contributed by atoms with Gasteiger partial charge in [-0.05, 0) is 83.5 Å². The van der Waals surface area contributed by atoms with Gasteiger partial charge in [0.1, 0.15) is 24.4 Å². The van der Waals surface area contributed by atoms with Gasteiger partial charge < -0.3 is 45.1 Å². The molecule has 0 bridgehead atoms. The van der Waals surface area contributed by atoms with Crippen LogP contribution >= 0.6 is 0 Å². The summed E-state index contributed by atoms with van der Waals surface area (Å²) in [7, 11) is 0. The molecule has 1 rings (SSSR count). The zero-order valence-corrected chi connectivity index (χ0v) is 49.7. The molecule has 0 saturated carbocycles. The molecule has 1 heterocycles. The normalized spacial score (nSPS) is 18.9. The third-order valence-corrected chi connectivity index (χ3v) is 15.1. The number of esters is 1. The molecule has 11 nitrogen and oxygen atoms in total. The maximum Gasteiger partial charge on any atom is 0.305 e. The molecule has 0 spiro atoms. The van der Waals surface area contributed by atoms with Gasteiger partial charge in [-0.2, -0.15) is 0 Å². The highest BCUT2D eigenvalue weighted by molar-refractivity contribution is 5.76. The first kappa shape index (κ1) is 72.6. The summed E-state index contributed by atoms with van der Waals surface area (Å²) in [5.41, 5.74) is 0. The fourth-order valence-corrected chi connectivity index (χ4v) is 9.99. The Hall–Kier alpha value is -2.38. The van der Waals surface area contributed by atoms with E-state index in [2.05, 4.69) is 55.6 Å². The molecule has 1 amide bonds. The second kappa shape index (κ2) is 55.5. The van der Waals surface area contributed by atoms with Crippen LogP contribution in [0.1, 0.15) is 296 Å². The molecule has 0 aromatic rings. The second-order valence-corrected chi connectivity index (χ2v) is 22.4. The van der Waals surface area contributed by atoms with Crippen LogP contribution in [-0.4, -0.2) is 100 Å². The lowest BCUT2D eigenvalue weighted by molar-refractivity contribution is -0.302. The van der Waals surface area contributed by atoms with Gasteiger partial charge in [-0.3, -0.25) is 9.59 Å². The molecule has 1 saturated heterocycles. The molecule has 7 atom stereocenters. The predicted octanol–water partition coefficient (Wildman–Crippen LogP) is 15.6. The van der Waals surface area contributed by atoms with Crippen LogP contribution in [0.2, 0.25) is 0 Å². The maximum absolute atomic E-state index is 13.0. The van der Waals surface area contributed by atoms with Crippen LogP contribution in [0.15, 0.2) is 48.6 Å². The van der Waals surface area contributed by atoms with Crippen molar-refractivity contribution in [3.8, 4) is 0 Å². The van der Waals surface area contributed by atoms with E-state index in [0.29, 0.717) is 19.4 Å². The summed E-state index contributed by atoms with van der Waals surface area (Å²) in [6.07, 6.45) is 60.7. The van der Waals surface area contributed by atoms with Crippen molar-refractivity contribution in [2.45, 2.75) is 339 Å². The van der Waals surface area contributed by atoms with E-state index >= 15 is 0 Å². The minimum Gasteiger partial charge on any atom is -0.466 e. The lowest BCUT2D eigenvalue weighted by atomic mass is 9.99. The molecule has 1 fully saturated rings. The number of amides is 1. The van der Waals surface area contributed by atoms with E-state index in [1.807, 2.05) is 6.08 Å². The summed E-state index contributed by atoms with van der Waals surface area (Å²) in [6, 6.07) is -0.839. The summed E-state index contributed by atoms with van der Waals surface area (Å²) in [4.78, 5) is 25.1. The maximum atomic E-state index is 13.0. The third kappa shape index (κ3) is 45.0. The van der Waals surface area contributed by atoms with Gasteiger partial charge in [0.15, 0.2) is 6.29 Å². The average molecular weight is 1090 g/mol. The van der Waals surface area contributed by atoms with E-state index in [4.69, 9.17) is 14.2 Å². The molecule has 1 aliphatic rings. The Morgan fingerprint density at radius 2 is 0.844 bits per heavy atom. The van der Waals surface area contributed by atoms with Crippen LogP contribution in [0.3, 0.4) is 0 Å². The van der Waals surface area contributed by atoms with Gasteiger partial charge in [0.2, 0.25) is 5.91 Å². The third-order valence-electron chi connectivity index (χ3n) is 15.1. The first-order valence-electron chi connectivity index (χ1n) is 32.4. The number of carbonyl (C=O) groups is 2. The number of hydrogen-bond acceptors (Lipinski definition) is 10. The number of aliphatic hydroxyl groups is 5. The largest absolute Gasteiger partial charge is 0.466 e. The van der Waals surface area contributed by atoms with Crippen molar-refractivity contribution in [1.82, 2.24) is 5.32 Å². The van der Waals surface area contributed by atoms with Crippen LogP contribution in [0.5, 0.6) is 0 Å². The number of ether oxygens (including phenoxy) is 3. The van der Waals surface area contributed by atoms with Crippen LogP contribution < -0.4 is 5.32 Å². The number of carbonyl (C=O) groups excluding carboxylic acids is 2. The fourth-order valence-electron chi connectivity index (χ4n) is 9.99. The van der Waals surface area contributed by atoms with Gasteiger partial charge in [0.25, 0.3) is 0 Å². The van der Waals surface area contributed by atoms with Crippen molar-refractivity contribution >= 4 is 11.9 Å². The second-order valence-electron chi connectivity index (χ2n) is 22.4. The van der Waals surface area contributed by atoms with E-state index in [1.165, 1.54) is 186 Å². The average Bonchev–Trinajstić information content (AvgIpc) is 3.43. The van der Waals surface area contributed by atoms with Gasteiger partial charge in [-0.1, -0.05) is 249 Å². The zero-order valence-electron chi connectivity index (χ0n) is 49.7. The molecule has 450 valence electrons. The Morgan fingerprint density at radius 1 is 0.468 bits per heavy atom. The number of aliphatic hydroxyl groups excluding tert-OH is 5. The fraction of sp³-hybridized carbons (Fsp3) is 0.848. The quantitative estimate of drug-likeness (QED) is 0.0195. The van der Waals surface area contributed by atoms with Gasteiger partial charge in [-0.15, -0.1) is 0 Å². The molecule has 6 N–H and O–H groups in total. The van der Waals surface area contributed by atoms with E-state index < -0.39 is 49.5 Å². The van der Waals surface area contributed by atoms with Crippen LogP contribution in [0, 0.1) is 0 Å². The molecular formula is C66H121NO10. The van der Waals surface area contributed by atoms with Gasteiger partial charge in [0.05, 0.1) is 32.0 Å². The van der Waals surface area contributed by atoms with Crippen molar-refractivity contribution < 1.29 is 49.3 Å². The summed E-state index contributed by atoms with van der Waals surface area (Å²) in [6.45, 7) is 4.31. The van der Waals surface area contributed by atoms with Gasteiger partial charge in [0, 0.05) is 12.8 Å². The Balaban J connectivity index is 2.07. The molecule has 0 radical (unpaired) electrons. The summed E-state index contributed by atoms with van der Waals surface area (Å²) in [5, 5.41) is 54.4. The predicted molar refractivity (Wildman–Crippen MR) is 320 cm³/mol. The SMILES string of the molecule is CCCCCC/C=C/CC/C=C/CC/C=C/C(O)C(COC1OC(CO)C(O)C(O)C1O)NC(=O)CCCCCCCCCC/C=C\CCCCCCCCCCCCCCOC(=O)CCCCCCCCCCCCC. The summed E-state index contributed by atoms with van der Waals surface area (Å²) >= 11 is 0. The lowest BCUT2D eigenvalue weighted by Gasteiger charge is -2.40. The van der Waals surface area contributed by atoms with Crippen molar-refractivity contribution in [1.29, 1.82) is 0 Å². The van der Waals surface area contributed by atoms with Crippen molar-refractivity contribution in [2.75, 3.05) is 19.8 Å². The molecular weight excluding hydrogens is 967 g/mol. The standard InChI is InChI=1S/C66H121NO10/c1-3-5-7-9-11-13-15-16-29-33-36-40-44-48-52-59(69)58(57-76-66-65(74)64(73)63(72)60(56-68)77-66)67-61(70)53-49-45-41-37-34-30-27-25-23-21-19-17-18-20-22-24-26-28-31-35-39-43-47-51-55-75-62(71)54-50-46-42-38-32-14-12-10-8-6-4-2/h13,15,19,21,33,36,48,52,58-60,63-66,68-69,72-74H,3-12,14,16-18,20,22-32,34-35,37-47,49-51,53-57H2,1-2H3,(H,67,70)/b15-13+,21-19-,36-33+,52-48+. The first-order chi connectivity index (χ1) is 37.7. The van der Waals surface area contributed by atoms with E-state index in [0.717, 1.165) is 83.5 Å².